The Morgan fingerprint density at radius 1 is 1.47 bits per heavy atom. The van der Waals surface area contributed by atoms with Crippen LogP contribution in [0.4, 0.5) is 0 Å². The molecule has 92 valence electrons. The number of nitrogens with two attached hydrogens (primary N) is 1. The zero-order valence-electron chi connectivity index (χ0n) is 9.80. The molecule has 4 heteroatoms. The van der Waals surface area contributed by atoms with E-state index in [0.717, 1.165) is 37.1 Å². The molecule has 0 radical (unpaired) electrons. The molecule has 0 amide bonds. The fraction of sp³-hybridized carbons (Fsp3) is 0.462. The van der Waals surface area contributed by atoms with E-state index in [1.54, 1.807) is 0 Å². The second-order valence-corrected chi connectivity index (χ2v) is 4.37. The third kappa shape index (κ3) is 2.48. The highest BCUT2D eigenvalue weighted by molar-refractivity contribution is 5.76. The van der Waals surface area contributed by atoms with Gasteiger partial charge in [0.2, 0.25) is 0 Å². The molecule has 3 N–H and O–H groups in total. The molecule has 0 saturated heterocycles. The van der Waals surface area contributed by atoms with Gasteiger partial charge in [-0.15, -0.1) is 0 Å². The maximum Gasteiger partial charge on any atom is 0.325 e. The summed E-state index contributed by atoms with van der Waals surface area (Å²) in [5.74, 6) is -0.769. The first-order chi connectivity index (χ1) is 8.24. The fourth-order valence-electron chi connectivity index (χ4n) is 2.44. The molecule has 2 rings (SSSR count). The van der Waals surface area contributed by atoms with Crippen LogP contribution >= 0.6 is 0 Å². The van der Waals surface area contributed by atoms with E-state index in [1.807, 2.05) is 29.2 Å². The normalized spacial score (nSPS) is 19.9. The van der Waals surface area contributed by atoms with Crippen molar-refractivity contribution < 1.29 is 9.90 Å². The number of aliphatic carboxylic acids is 1. The van der Waals surface area contributed by atoms with Gasteiger partial charge >= 0.3 is 5.97 Å². The Bertz CT molecular complexity index is 406. The number of carbonyl (C=O) groups is 1. The molecule has 1 atom stereocenters. The van der Waals surface area contributed by atoms with E-state index in [9.17, 15) is 9.90 Å². The van der Waals surface area contributed by atoms with Crippen LogP contribution in [0.5, 0.6) is 0 Å². The molecular weight excluding hydrogens is 216 g/mol. The van der Waals surface area contributed by atoms with Crippen molar-refractivity contribution in [3.05, 3.63) is 35.4 Å². The van der Waals surface area contributed by atoms with Crippen molar-refractivity contribution in [3.8, 4) is 0 Å². The maximum atomic E-state index is 11.4. The van der Waals surface area contributed by atoms with Gasteiger partial charge in [-0.05, 0) is 30.5 Å². The van der Waals surface area contributed by atoms with Gasteiger partial charge in [0.05, 0.1) is 0 Å². The topological polar surface area (TPSA) is 66.6 Å². The lowest BCUT2D eigenvalue weighted by Crippen LogP contribution is -2.40. The van der Waals surface area contributed by atoms with Gasteiger partial charge in [0, 0.05) is 13.1 Å². The SMILES string of the molecule is NCCCN1CCc2ccccc2C1C(=O)O. The second-order valence-electron chi connectivity index (χ2n) is 4.37. The summed E-state index contributed by atoms with van der Waals surface area (Å²) in [5, 5.41) is 9.38. The molecular formula is C13H18N2O2. The van der Waals surface area contributed by atoms with Crippen LogP contribution in [0.1, 0.15) is 23.6 Å². The van der Waals surface area contributed by atoms with Crippen LogP contribution in [0.15, 0.2) is 24.3 Å². The molecule has 0 aliphatic carbocycles. The average molecular weight is 234 g/mol. The largest absolute Gasteiger partial charge is 0.480 e. The number of rotatable bonds is 4. The summed E-state index contributed by atoms with van der Waals surface area (Å²) in [6.07, 6.45) is 1.76. The maximum absolute atomic E-state index is 11.4. The molecule has 0 bridgehead atoms. The van der Waals surface area contributed by atoms with Gasteiger partial charge in [-0.3, -0.25) is 9.69 Å². The van der Waals surface area contributed by atoms with Crippen molar-refractivity contribution in [2.75, 3.05) is 19.6 Å². The van der Waals surface area contributed by atoms with Gasteiger partial charge in [-0.25, -0.2) is 0 Å². The predicted octanol–water partition coefficient (Wildman–Crippen LogP) is 1.02. The standard InChI is InChI=1S/C13H18N2O2/c14-7-3-8-15-9-6-10-4-1-2-5-11(10)12(15)13(16)17/h1-2,4-5,12H,3,6-9,14H2,(H,16,17). The van der Waals surface area contributed by atoms with Gasteiger partial charge < -0.3 is 10.8 Å². The van der Waals surface area contributed by atoms with Crippen LogP contribution in [-0.2, 0) is 11.2 Å². The average Bonchev–Trinajstić information content (AvgIpc) is 2.35. The monoisotopic (exact) mass is 234 g/mol. The Balaban J connectivity index is 2.26. The predicted molar refractivity (Wildman–Crippen MR) is 65.8 cm³/mol. The molecule has 1 aromatic carbocycles. The fourth-order valence-corrected chi connectivity index (χ4v) is 2.44. The van der Waals surface area contributed by atoms with E-state index in [-0.39, 0.29) is 0 Å². The minimum Gasteiger partial charge on any atom is -0.480 e. The number of fused-ring (bicyclic) bond motifs is 1. The first-order valence-electron chi connectivity index (χ1n) is 5.98. The van der Waals surface area contributed by atoms with Gasteiger partial charge in [-0.2, -0.15) is 0 Å². The Kier molecular flexibility index (Phi) is 3.76. The van der Waals surface area contributed by atoms with Crippen LogP contribution in [0.25, 0.3) is 0 Å². The van der Waals surface area contributed by atoms with Crippen molar-refractivity contribution in [2.45, 2.75) is 18.9 Å². The van der Waals surface area contributed by atoms with Gasteiger partial charge in [0.1, 0.15) is 6.04 Å². The number of hydrogen-bond donors (Lipinski definition) is 2. The van der Waals surface area contributed by atoms with E-state index in [2.05, 4.69) is 0 Å². The van der Waals surface area contributed by atoms with Crippen molar-refractivity contribution >= 4 is 5.97 Å². The molecule has 1 aliphatic heterocycles. The smallest absolute Gasteiger partial charge is 0.325 e. The molecule has 1 aliphatic rings. The molecule has 17 heavy (non-hydrogen) atoms. The number of carboxylic acids is 1. The van der Waals surface area contributed by atoms with Gasteiger partial charge in [-0.1, -0.05) is 24.3 Å². The first kappa shape index (κ1) is 12.1. The minimum absolute atomic E-state index is 0.508. The molecule has 1 aromatic rings. The molecule has 0 spiro atoms. The number of nitrogens with zero attached hydrogens (tertiary/aromatic N) is 1. The zero-order chi connectivity index (χ0) is 12.3. The summed E-state index contributed by atoms with van der Waals surface area (Å²) < 4.78 is 0. The van der Waals surface area contributed by atoms with Crippen molar-refractivity contribution in [1.82, 2.24) is 4.90 Å². The molecule has 0 fully saturated rings. The van der Waals surface area contributed by atoms with Crippen LogP contribution in [0, 0.1) is 0 Å². The van der Waals surface area contributed by atoms with Crippen LogP contribution in [-0.4, -0.2) is 35.6 Å². The quantitative estimate of drug-likeness (QED) is 0.816. The molecule has 0 aromatic heterocycles. The van der Waals surface area contributed by atoms with E-state index in [0.29, 0.717) is 6.54 Å². The van der Waals surface area contributed by atoms with Crippen LogP contribution in [0.2, 0.25) is 0 Å². The Hall–Kier alpha value is -1.39. The molecule has 0 saturated carbocycles. The van der Waals surface area contributed by atoms with Gasteiger partial charge in [0.25, 0.3) is 0 Å². The van der Waals surface area contributed by atoms with E-state index in [4.69, 9.17) is 5.73 Å². The Morgan fingerprint density at radius 3 is 2.94 bits per heavy atom. The summed E-state index contributed by atoms with van der Waals surface area (Å²) in [6, 6.07) is 7.30. The van der Waals surface area contributed by atoms with Crippen molar-refractivity contribution in [2.24, 2.45) is 5.73 Å². The lowest BCUT2D eigenvalue weighted by atomic mass is 9.92. The Morgan fingerprint density at radius 2 is 2.24 bits per heavy atom. The third-order valence-electron chi connectivity index (χ3n) is 3.27. The van der Waals surface area contributed by atoms with Crippen molar-refractivity contribution in [3.63, 3.8) is 0 Å². The van der Waals surface area contributed by atoms with E-state index < -0.39 is 12.0 Å². The van der Waals surface area contributed by atoms with Crippen LogP contribution < -0.4 is 5.73 Å². The summed E-state index contributed by atoms with van der Waals surface area (Å²) in [6.45, 7) is 2.15. The van der Waals surface area contributed by atoms with Crippen molar-refractivity contribution in [1.29, 1.82) is 0 Å². The number of hydrogen-bond acceptors (Lipinski definition) is 3. The lowest BCUT2D eigenvalue weighted by Gasteiger charge is -2.34. The van der Waals surface area contributed by atoms with Crippen LogP contribution in [0.3, 0.4) is 0 Å². The summed E-state index contributed by atoms with van der Waals surface area (Å²) >= 11 is 0. The van der Waals surface area contributed by atoms with E-state index in [1.165, 1.54) is 0 Å². The summed E-state index contributed by atoms with van der Waals surface area (Å²) in [4.78, 5) is 13.4. The second kappa shape index (κ2) is 5.29. The molecule has 1 heterocycles. The lowest BCUT2D eigenvalue weighted by molar-refractivity contribution is -0.144. The minimum atomic E-state index is -0.769. The highest BCUT2D eigenvalue weighted by Gasteiger charge is 2.31. The molecule has 1 unspecified atom stereocenters. The zero-order valence-corrected chi connectivity index (χ0v) is 9.80. The molecule has 4 nitrogen and oxygen atoms in total. The Labute approximate surface area is 101 Å². The summed E-state index contributed by atoms with van der Waals surface area (Å²) in [7, 11) is 0. The van der Waals surface area contributed by atoms with E-state index >= 15 is 0 Å². The number of carboxylic acid groups (broad SMARTS) is 1. The number of benzene rings is 1. The summed E-state index contributed by atoms with van der Waals surface area (Å²) in [5.41, 5.74) is 7.58. The first-order valence-corrected chi connectivity index (χ1v) is 5.98. The third-order valence-corrected chi connectivity index (χ3v) is 3.27. The van der Waals surface area contributed by atoms with Gasteiger partial charge in [0.15, 0.2) is 0 Å². The highest BCUT2D eigenvalue weighted by Crippen LogP contribution is 2.29. The highest BCUT2D eigenvalue weighted by atomic mass is 16.4.